The number of ether oxygens (including phenoxy) is 1. The van der Waals surface area contributed by atoms with Gasteiger partial charge >= 0.3 is 0 Å². The van der Waals surface area contributed by atoms with Gasteiger partial charge in [0.15, 0.2) is 17.4 Å². The zero-order valence-corrected chi connectivity index (χ0v) is 11.7. The minimum atomic E-state index is -0.853. The fourth-order valence-corrected chi connectivity index (χ4v) is 3.15. The van der Waals surface area contributed by atoms with E-state index in [4.69, 9.17) is 22.1 Å². The summed E-state index contributed by atoms with van der Waals surface area (Å²) in [5.41, 5.74) is 5.81. The average molecular weight is 290 g/mol. The van der Waals surface area contributed by atoms with Crippen molar-refractivity contribution in [1.82, 2.24) is 0 Å². The molecule has 5 heteroatoms. The Labute approximate surface area is 116 Å². The highest BCUT2D eigenvalue weighted by molar-refractivity contribution is 6.31. The van der Waals surface area contributed by atoms with Gasteiger partial charge in [-0.2, -0.15) is 0 Å². The van der Waals surface area contributed by atoms with Crippen LogP contribution in [0.4, 0.5) is 8.78 Å². The van der Waals surface area contributed by atoms with E-state index in [-0.39, 0.29) is 5.02 Å². The number of hydrogen-bond acceptors (Lipinski definition) is 2. The molecule has 19 heavy (non-hydrogen) atoms. The molecule has 0 bridgehead atoms. The van der Waals surface area contributed by atoms with Gasteiger partial charge in [0.2, 0.25) is 0 Å². The molecular formula is C14H18ClF2NO. The highest BCUT2D eigenvalue weighted by atomic mass is 35.5. The first-order valence-corrected chi connectivity index (χ1v) is 6.85. The molecule has 2 rings (SSSR count). The van der Waals surface area contributed by atoms with E-state index in [1.54, 1.807) is 0 Å². The second-order valence-corrected chi connectivity index (χ2v) is 5.52. The van der Waals surface area contributed by atoms with Crippen LogP contribution in [0.25, 0.3) is 0 Å². The van der Waals surface area contributed by atoms with Gasteiger partial charge in [0.1, 0.15) is 0 Å². The Morgan fingerprint density at radius 2 is 1.89 bits per heavy atom. The molecule has 0 saturated heterocycles. The van der Waals surface area contributed by atoms with Crippen LogP contribution in [0.2, 0.25) is 5.02 Å². The lowest BCUT2D eigenvalue weighted by Crippen LogP contribution is -2.38. The number of nitrogens with two attached hydrogens (primary N) is 1. The van der Waals surface area contributed by atoms with E-state index in [0.29, 0.717) is 12.1 Å². The highest BCUT2D eigenvalue weighted by Gasteiger charge is 2.37. The molecule has 0 unspecified atom stereocenters. The van der Waals surface area contributed by atoms with Crippen LogP contribution in [-0.4, -0.2) is 13.7 Å². The molecule has 0 spiro atoms. The Morgan fingerprint density at radius 1 is 1.26 bits per heavy atom. The molecule has 1 aliphatic carbocycles. The van der Waals surface area contributed by atoms with Crippen LogP contribution in [0.5, 0.6) is 5.75 Å². The van der Waals surface area contributed by atoms with Crippen LogP contribution in [0, 0.1) is 11.6 Å². The fourth-order valence-electron chi connectivity index (χ4n) is 2.96. The van der Waals surface area contributed by atoms with Gasteiger partial charge in [-0.1, -0.05) is 30.9 Å². The maximum atomic E-state index is 14.5. The number of methoxy groups -OCH3 is 1. The number of benzene rings is 1. The minimum absolute atomic E-state index is 0.119. The molecule has 106 valence electrons. The van der Waals surface area contributed by atoms with Crippen LogP contribution >= 0.6 is 11.6 Å². The molecule has 0 amide bonds. The first-order chi connectivity index (χ1) is 9.05. The van der Waals surface area contributed by atoms with E-state index in [1.165, 1.54) is 13.2 Å². The van der Waals surface area contributed by atoms with Gasteiger partial charge in [0, 0.05) is 17.5 Å². The summed E-state index contributed by atoms with van der Waals surface area (Å²) >= 11 is 5.85. The van der Waals surface area contributed by atoms with E-state index in [9.17, 15) is 8.78 Å². The lowest BCUT2D eigenvalue weighted by Gasteiger charge is -2.37. The third-order valence-corrected chi connectivity index (χ3v) is 4.37. The standard InChI is InChI=1S/C14H18ClF2NO/c1-19-13-11(16)9(7-10(15)12(13)17)14(8-18)5-3-2-4-6-14/h7H,2-6,8,18H2,1H3. The predicted molar refractivity (Wildman–Crippen MR) is 71.7 cm³/mol. The van der Waals surface area contributed by atoms with Crippen LogP contribution in [0.15, 0.2) is 6.07 Å². The molecule has 0 radical (unpaired) electrons. The normalized spacial score (nSPS) is 18.4. The summed E-state index contributed by atoms with van der Waals surface area (Å²) in [6.45, 7) is 0.328. The smallest absolute Gasteiger partial charge is 0.192 e. The number of hydrogen-bond donors (Lipinski definition) is 1. The van der Waals surface area contributed by atoms with Crippen LogP contribution in [-0.2, 0) is 5.41 Å². The van der Waals surface area contributed by atoms with Crippen LogP contribution in [0.1, 0.15) is 37.7 Å². The zero-order valence-electron chi connectivity index (χ0n) is 10.9. The van der Waals surface area contributed by atoms with Crippen molar-refractivity contribution in [3.05, 3.63) is 28.3 Å². The Hall–Kier alpha value is -0.870. The molecule has 1 aromatic rings. The molecule has 0 atom stereocenters. The van der Waals surface area contributed by atoms with Gasteiger partial charge in [0.05, 0.1) is 12.1 Å². The van der Waals surface area contributed by atoms with Crippen molar-refractivity contribution in [2.45, 2.75) is 37.5 Å². The molecule has 0 heterocycles. The molecule has 0 aliphatic heterocycles. The molecule has 2 nitrogen and oxygen atoms in total. The molecule has 1 saturated carbocycles. The summed E-state index contributed by atoms with van der Waals surface area (Å²) < 4.78 is 33.0. The topological polar surface area (TPSA) is 35.2 Å². The first kappa shape index (κ1) is 14.5. The van der Waals surface area contributed by atoms with E-state index >= 15 is 0 Å². The molecule has 2 N–H and O–H groups in total. The van der Waals surface area contributed by atoms with Gasteiger partial charge in [0.25, 0.3) is 0 Å². The van der Waals surface area contributed by atoms with Gasteiger partial charge < -0.3 is 10.5 Å². The summed E-state index contributed by atoms with van der Waals surface area (Å²) in [5.74, 6) is -1.94. The Kier molecular flexibility index (Phi) is 4.31. The molecule has 1 aliphatic rings. The first-order valence-electron chi connectivity index (χ1n) is 6.48. The summed E-state index contributed by atoms with van der Waals surface area (Å²) in [6.07, 6.45) is 4.70. The third-order valence-electron chi connectivity index (χ3n) is 4.09. The van der Waals surface area contributed by atoms with Crippen molar-refractivity contribution in [2.24, 2.45) is 5.73 Å². The van der Waals surface area contributed by atoms with Crippen molar-refractivity contribution in [1.29, 1.82) is 0 Å². The number of halogens is 3. The monoisotopic (exact) mass is 289 g/mol. The SMILES string of the molecule is COc1c(F)c(Cl)cc(C2(CN)CCCCC2)c1F. The van der Waals surface area contributed by atoms with Crippen molar-refractivity contribution in [3.63, 3.8) is 0 Å². The quantitative estimate of drug-likeness (QED) is 0.859. The van der Waals surface area contributed by atoms with E-state index in [1.807, 2.05) is 0 Å². The Bertz CT molecular complexity index is 473. The van der Waals surface area contributed by atoms with Crippen molar-refractivity contribution >= 4 is 11.6 Å². The molecule has 1 fully saturated rings. The van der Waals surface area contributed by atoms with E-state index in [0.717, 1.165) is 32.1 Å². The summed E-state index contributed by atoms with van der Waals surface area (Å²) in [7, 11) is 1.23. The summed E-state index contributed by atoms with van der Waals surface area (Å²) in [5, 5.41) is -0.119. The lowest BCUT2D eigenvalue weighted by atomic mass is 9.69. The van der Waals surface area contributed by atoms with Gasteiger partial charge in [-0.3, -0.25) is 0 Å². The van der Waals surface area contributed by atoms with E-state index in [2.05, 4.69) is 0 Å². The third kappa shape index (κ3) is 2.43. The Balaban J connectivity index is 2.57. The highest BCUT2D eigenvalue weighted by Crippen LogP contribution is 2.43. The minimum Gasteiger partial charge on any atom is -0.491 e. The Morgan fingerprint density at radius 3 is 2.42 bits per heavy atom. The summed E-state index contributed by atoms with van der Waals surface area (Å²) in [4.78, 5) is 0. The average Bonchev–Trinajstić information content (AvgIpc) is 2.44. The van der Waals surface area contributed by atoms with Crippen molar-refractivity contribution in [2.75, 3.05) is 13.7 Å². The second-order valence-electron chi connectivity index (χ2n) is 5.11. The maximum absolute atomic E-state index is 14.5. The van der Waals surface area contributed by atoms with Crippen molar-refractivity contribution < 1.29 is 13.5 Å². The second kappa shape index (κ2) is 5.63. The van der Waals surface area contributed by atoms with Crippen molar-refractivity contribution in [3.8, 4) is 5.75 Å². The van der Waals surface area contributed by atoms with Gasteiger partial charge in [-0.15, -0.1) is 0 Å². The molecular weight excluding hydrogens is 272 g/mol. The fraction of sp³-hybridized carbons (Fsp3) is 0.571. The van der Waals surface area contributed by atoms with Gasteiger partial charge in [-0.25, -0.2) is 8.78 Å². The largest absolute Gasteiger partial charge is 0.491 e. The lowest BCUT2D eigenvalue weighted by molar-refractivity contribution is 0.283. The van der Waals surface area contributed by atoms with Crippen LogP contribution < -0.4 is 10.5 Å². The molecule has 0 aromatic heterocycles. The zero-order chi connectivity index (χ0) is 14.0. The van der Waals surface area contributed by atoms with E-state index < -0.39 is 22.8 Å². The predicted octanol–water partition coefficient (Wildman–Crippen LogP) is 3.79. The maximum Gasteiger partial charge on any atom is 0.192 e. The molecule has 1 aromatic carbocycles. The number of rotatable bonds is 3. The van der Waals surface area contributed by atoms with Crippen LogP contribution in [0.3, 0.4) is 0 Å². The van der Waals surface area contributed by atoms with Gasteiger partial charge in [-0.05, 0) is 18.9 Å². The summed E-state index contributed by atoms with van der Waals surface area (Å²) in [6, 6.07) is 1.37.